The first-order valence-electron chi connectivity index (χ1n) is 10.8. The van der Waals surface area contributed by atoms with Gasteiger partial charge in [0.05, 0.1) is 11.4 Å². The fourth-order valence-electron chi connectivity index (χ4n) is 3.48. The molecule has 0 radical (unpaired) electrons. The number of oxime groups is 1. The van der Waals surface area contributed by atoms with Gasteiger partial charge in [-0.25, -0.2) is 0 Å². The summed E-state index contributed by atoms with van der Waals surface area (Å²) in [6.07, 6.45) is 4.51. The maximum atomic E-state index is 13.0. The quantitative estimate of drug-likeness (QED) is 0.331. The molecular formula is C23H28ClF3N2O3S. The number of hydrogen-bond donors (Lipinski definition) is 1. The Balaban J connectivity index is 0.00000187. The zero-order chi connectivity index (χ0) is 24.6. The highest BCUT2D eigenvalue weighted by Crippen LogP contribution is 2.33. The van der Waals surface area contributed by atoms with Crippen molar-refractivity contribution in [1.82, 2.24) is 0 Å². The maximum absolute atomic E-state index is 13.0. The molecule has 3 rings (SSSR count). The molecule has 0 unspecified atom stereocenters. The number of halogens is 4. The fourth-order valence-corrected chi connectivity index (χ4v) is 4.19. The smallest absolute Gasteiger partial charge is 0.357 e. The molecule has 5 nitrogen and oxygen atoms in total. The second-order valence-electron chi connectivity index (χ2n) is 7.46. The lowest BCUT2D eigenvalue weighted by molar-refractivity contribution is -0.0429. The van der Waals surface area contributed by atoms with Crippen molar-refractivity contribution in [1.29, 1.82) is 0 Å². The molecule has 10 heteroatoms. The van der Waals surface area contributed by atoms with E-state index in [4.69, 9.17) is 16.4 Å². The molecule has 1 saturated carbocycles. The number of rotatable bonds is 6. The number of nitrogens with zero attached hydrogens (tertiary/aromatic N) is 1. The predicted octanol–water partition coefficient (Wildman–Crippen LogP) is 7.30. The van der Waals surface area contributed by atoms with Crippen LogP contribution in [-0.2, 0) is 10.0 Å². The summed E-state index contributed by atoms with van der Waals surface area (Å²) in [5.74, 6) is 0.333. The van der Waals surface area contributed by atoms with Crippen LogP contribution >= 0.6 is 11.6 Å². The Labute approximate surface area is 198 Å². The molecule has 0 aliphatic heterocycles. The topological polar surface area (TPSA) is 67.8 Å². The highest BCUT2D eigenvalue weighted by Gasteiger charge is 2.46. The summed E-state index contributed by atoms with van der Waals surface area (Å²) in [4.78, 5) is 5.55. The zero-order valence-corrected chi connectivity index (χ0v) is 20.3. The molecule has 33 heavy (non-hydrogen) atoms. The van der Waals surface area contributed by atoms with Crippen molar-refractivity contribution in [2.75, 3.05) is 4.72 Å². The first-order valence-corrected chi connectivity index (χ1v) is 12.6. The van der Waals surface area contributed by atoms with Crippen molar-refractivity contribution >= 4 is 33.0 Å². The Bertz CT molecular complexity index is 1050. The van der Waals surface area contributed by atoms with Gasteiger partial charge in [-0.1, -0.05) is 61.5 Å². The zero-order valence-electron chi connectivity index (χ0n) is 18.7. The molecule has 0 saturated heterocycles. The number of hydrogen-bond acceptors (Lipinski definition) is 4. The van der Waals surface area contributed by atoms with Gasteiger partial charge in [0.25, 0.3) is 0 Å². The lowest BCUT2D eigenvalue weighted by Gasteiger charge is -2.25. The van der Waals surface area contributed by atoms with Gasteiger partial charge in [-0.2, -0.15) is 21.6 Å². The number of benzene rings is 2. The summed E-state index contributed by atoms with van der Waals surface area (Å²) >= 11 is 5.88. The van der Waals surface area contributed by atoms with E-state index in [0.29, 0.717) is 16.5 Å². The van der Waals surface area contributed by atoms with Crippen molar-refractivity contribution in [3.05, 3.63) is 58.6 Å². The largest absolute Gasteiger partial charge is 0.516 e. The Morgan fingerprint density at radius 3 is 2.24 bits per heavy atom. The second-order valence-corrected chi connectivity index (χ2v) is 9.57. The monoisotopic (exact) mass is 504 g/mol. The number of aryl methyl sites for hydroxylation is 1. The van der Waals surface area contributed by atoms with Crippen LogP contribution in [-0.4, -0.2) is 19.6 Å². The molecule has 0 atom stereocenters. The molecule has 0 spiro atoms. The van der Waals surface area contributed by atoms with Gasteiger partial charge >= 0.3 is 15.5 Å². The Morgan fingerprint density at radius 1 is 1.06 bits per heavy atom. The molecule has 1 aliphatic carbocycles. The minimum absolute atomic E-state index is 0.0722. The first kappa shape index (κ1) is 27.0. The van der Waals surface area contributed by atoms with Gasteiger partial charge in [0.1, 0.15) is 0 Å². The van der Waals surface area contributed by atoms with Crippen molar-refractivity contribution in [2.45, 2.75) is 58.4 Å². The SMILES string of the molecule is CC.Cc1ccc(NS(=O)(=O)C(F)(F)F)c(/C(=N/Oc2ccc(Cl)cc2)C2CCCCC2)c1. The van der Waals surface area contributed by atoms with Gasteiger partial charge in [0.15, 0.2) is 5.75 Å². The lowest BCUT2D eigenvalue weighted by atomic mass is 9.82. The van der Waals surface area contributed by atoms with Crippen LogP contribution in [0.4, 0.5) is 18.9 Å². The molecule has 2 aromatic rings. The van der Waals surface area contributed by atoms with Gasteiger partial charge < -0.3 is 4.84 Å². The minimum Gasteiger partial charge on any atom is -0.357 e. The van der Waals surface area contributed by atoms with Crippen molar-refractivity contribution < 1.29 is 26.4 Å². The van der Waals surface area contributed by atoms with Gasteiger partial charge in [0.2, 0.25) is 0 Å². The van der Waals surface area contributed by atoms with E-state index in [-0.39, 0.29) is 17.2 Å². The van der Waals surface area contributed by atoms with E-state index in [1.54, 1.807) is 42.0 Å². The molecule has 2 aromatic carbocycles. The normalized spacial score (nSPS) is 15.4. The van der Waals surface area contributed by atoms with Crippen LogP contribution in [0.1, 0.15) is 57.1 Å². The third-order valence-corrected chi connectivity index (χ3v) is 6.41. The second kappa shape index (κ2) is 11.7. The summed E-state index contributed by atoms with van der Waals surface area (Å²) in [6, 6.07) is 11.0. The fraction of sp³-hybridized carbons (Fsp3) is 0.435. The third-order valence-electron chi connectivity index (χ3n) is 5.05. The van der Waals surface area contributed by atoms with Crippen molar-refractivity contribution in [2.24, 2.45) is 11.1 Å². The molecule has 0 bridgehead atoms. The molecular weight excluding hydrogens is 477 g/mol. The average Bonchev–Trinajstić information content (AvgIpc) is 2.78. The Kier molecular flexibility index (Phi) is 9.60. The van der Waals surface area contributed by atoms with Gasteiger partial charge in [0, 0.05) is 16.5 Å². The summed E-state index contributed by atoms with van der Waals surface area (Å²) < 4.78 is 64.1. The van der Waals surface area contributed by atoms with E-state index < -0.39 is 15.5 Å². The molecule has 1 aliphatic rings. The van der Waals surface area contributed by atoms with Crippen LogP contribution in [0.2, 0.25) is 5.02 Å². The van der Waals surface area contributed by atoms with Crippen molar-refractivity contribution in [3.8, 4) is 5.75 Å². The van der Waals surface area contributed by atoms with Gasteiger partial charge in [-0.15, -0.1) is 0 Å². The van der Waals surface area contributed by atoms with E-state index >= 15 is 0 Å². The maximum Gasteiger partial charge on any atom is 0.516 e. The standard InChI is InChI=1S/C21H22ClF3N2O3S.C2H6/c1-14-7-12-19(27-31(28,29)21(23,24)25)18(13-14)20(15-5-3-2-4-6-15)26-30-17-10-8-16(22)9-11-17;1-2/h7-13,15,27H,2-6H2,1H3;1-2H3/b26-20+;. The summed E-state index contributed by atoms with van der Waals surface area (Å²) in [6.45, 7) is 5.77. The number of alkyl halides is 3. The third kappa shape index (κ3) is 7.37. The molecule has 1 N–H and O–H groups in total. The Hall–Kier alpha value is -2.26. The van der Waals surface area contributed by atoms with E-state index in [1.165, 1.54) is 12.1 Å². The van der Waals surface area contributed by atoms with E-state index in [1.807, 2.05) is 13.8 Å². The lowest BCUT2D eigenvalue weighted by Crippen LogP contribution is -2.31. The van der Waals surface area contributed by atoms with E-state index in [9.17, 15) is 21.6 Å². The minimum atomic E-state index is -5.58. The van der Waals surface area contributed by atoms with Crippen molar-refractivity contribution in [3.63, 3.8) is 0 Å². The number of nitrogens with one attached hydrogen (secondary N) is 1. The van der Waals surface area contributed by atoms with Gasteiger partial charge in [-0.3, -0.25) is 4.72 Å². The van der Waals surface area contributed by atoms with Gasteiger partial charge in [-0.05, 0) is 56.2 Å². The highest BCUT2D eigenvalue weighted by atomic mass is 35.5. The molecule has 0 amide bonds. The van der Waals surface area contributed by atoms with Crippen LogP contribution in [0, 0.1) is 12.8 Å². The summed E-state index contributed by atoms with van der Waals surface area (Å²) in [5.41, 5.74) is -4.18. The predicted molar refractivity (Wildman–Crippen MR) is 126 cm³/mol. The number of anilines is 1. The Morgan fingerprint density at radius 2 is 1.67 bits per heavy atom. The van der Waals surface area contributed by atoms with E-state index in [0.717, 1.165) is 37.7 Å². The molecule has 182 valence electrons. The molecule has 0 aromatic heterocycles. The average molecular weight is 505 g/mol. The first-order chi connectivity index (χ1) is 15.6. The summed E-state index contributed by atoms with van der Waals surface area (Å²) in [7, 11) is -5.58. The molecule has 1 fully saturated rings. The molecule has 0 heterocycles. The van der Waals surface area contributed by atoms with Crippen LogP contribution in [0.3, 0.4) is 0 Å². The highest BCUT2D eigenvalue weighted by molar-refractivity contribution is 7.93. The van der Waals surface area contributed by atoms with Crippen LogP contribution in [0.25, 0.3) is 0 Å². The summed E-state index contributed by atoms with van der Waals surface area (Å²) in [5, 5.41) is 4.79. The number of sulfonamides is 1. The van der Waals surface area contributed by atoms with Crippen LogP contribution in [0.15, 0.2) is 47.6 Å². The van der Waals surface area contributed by atoms with Crippen LogP contribution < -0.4 is 9.56 Å². The van der Waals surface area contributed by atoms with E-state index in [2.05, 4.69) is 5.16 Å². The van der Waals surface area contributed by atoms with Crippen LogP contribution in [0.5, 0.6) is 5.75 Å².